The summed E-state index contributed by atoms with van der Waals surface area (Å²) < 4.78 is 11.5. The molecule has 1 aromatic rings. The van der Waals surface area contributed by atoms with Crippen LogP contribution in [0.4, 0.5) is 0 Å². The van der Waals surface area contributed by atoms with Crippen LogP contribution in [0.3, 0.4) is 0 Å². The number of amides is 1. The van der Waals surface area contributed by atoms with Gasteiger partial charge in [0.1, 0.15) is 0 Å². The van der Waals surface area contributed by atoms with Crippen LogP contribution in [0.2, 0.25) is 0 Å². The molecule has 0 aliphatic carbocycles. The number of rotatable bonds is 3. The van der Waals surface area contributed by atoms with Gasteiger partial charge in [0.05, 0.1) is 19.8 Å². The highest BCUT2D eigenvalue weighted by molar-refractivity contribution is 5.78. The number of nitrogens with one attached hydrogen (secondary N) is 1. The van der Waals surface area contributed by atoms with Gasteiger partial charge in [0.15, 0.2) is 11.5 Å². The lowest BCUT2D eigenvalue weighted by molar-refractivity contribution is -0.123. The van der Waals surface area contributed by atoms with Crippen molar-refractivity contribution in [3.8, 4) is 11.5 Å². The van der Waals surface area contributed by atoms with E-state index in [1.54, 1.807) is 0 Å². The summed E-state index contributed by atoms with van der Waals surface area (Å²) in [5.74, 6) is 1.74. The molecule has 1 atom stereocenters. The van der Waals surface area contributed by atoms with E-state index in [2.05, 4.69) is 22.3 Å². The molecule has 132 valence electrons. The van der Waals surface area contributed by atoms with Crippen LogP contribution in [0, 0.1) is 0 Å². The van der Waals surface area contributed by atoms with Crippen molar-refractivity contribution >= 4 is 5.91 Å². The normalized spacial score (nSPS) is 21.4. The van der Waals surface area contributed by atoms with Crippen molar-refractivity contribution in [3.05, 3.63) is 23.8 Å². The molecule has 5 nitrogen and oxygen atoms in total. The Morgan fingerprint density at radius 2 is 1.96 bits per heavy atom. The fourth-order valence-electron chi connectivity index (χ4n) is 3.42. The summed E-state index contributed by atoms with van der Waals surface area (Å²) in [6, 6.07) is 6.47. The molecule has 2 aliphatic rings. The zero-order valence-electron chi connectivity index (χ0n) is 14.9. The van der Waals surface area contributed by atoms with Gasteiger partial charge in [-0.05, 0) is 57.9 Å². The molecule has 0 aromatic heterocycles. The topological polar surface area (TPSA) is 50.8 Å². The van der Waals surface area contributed by atoms with Crippen molar-refractivity contribution in [3.63, 3.8) is 0 Å². The maximum Gasteiger partial charge on any atom is 0.234 e. The number of hydrogen-bond donors (Lipinski definition) is 1. The van der Waals surface area contributed by atoms with Gasteiger partial charge in [-0.2, -0.15) is 0 Å². The molecule has 5 heteroatoms. The van der Waals surface area contributed by atoms with Gasteiger partial charge in [-0.25, -0.2) is 0 Å². The predicted molar refractivity (Wildman–Crippen MR) is 93.5 cm³/mol. The molecule has 1 amide bonds. The molecule has 1 fully saturated rings. The second kappa shape index (κ2) is 7.01. The van der Waals surface area contributed by atoms with Gasteiger partial charge >= 0.3 is 0 Å². The van der Waals surface area contributed by atoms with Crippen molar-refractivity contribution < 1.29 is 14.3 Å². The Morgan fingerprint density at radius 3 is 2.71 bits per heavy atom. The second-order valence-electron chi connectivity index (χ2n) is 7.68. The lowest BCUT2D eigenvalue weighted by atomic mass is 10.0. The number of hydrogen-bond acceptors (Lipinski definition) is 4. The third-order valence-corrected chi connectivity index (χ3v) is 4.38. The molecule has 0 saturated carbocycles. The first-order valence-electron chi connectivity index (χ1n) is 8.87. The predicted octanol–water partition coefficient (Wildman–Crippen LogP) is 2.90. The number of carbonyl (C=O) groups excluding carboxylic acids is 1. The molecular weight excluding hydrogens is 304 g/mol. The zero-order valence-corrected chi connectivity index (χ0v) is 14.9. The molecular formula is C19H28N2O3. The first kappa shape index (κ1) is 17.1. The van der Waals surface area contributed by atoms with E-state index in [0.717, 1.165) is 37.3 Å². The molecule has 0 bridgehead atoms. The van der Waals surface area contributed by atoms with E-state index in [1.165, 1.54) is 5.56 Å². The molecule has 1 N–H and O–H groups in total. The van der Waals surface area contributed by atoms with Gasteiger partial charge in [0.2, 0.25) is 5.91 Å². The van der Waals surface area contributed by atoms with E-state index in [4.69, 9.17) is 9.47 Å². The zero-order chi connectivity index (χ0) is 17.2. The third-order valence-electron chi connectivity index (χ3n) is 4.38. The first-order valence-corrected chi connectivity index (χ1v) is 8.87. The molecule has 2 heterocycles. The molecule has 24 heavy (non-hydrogen) atoms. The van der Waals surface area contributed by atoms with Gasteiger partial charge in [-0.3, -0.25) is 9.69 Å². The molecule has 1 saturated heterocycles. The lowest BCUT2D eigenvalue weighted by Crippen LogP contribution is -2.45. The Hall–Kier alpha value is -1.75. The monoisotopic (exact) mass is 332 g/mol. The Kier molecular flexibility index (Phi) is 4.99. The third kappa shape index (κ3) is 4.20. The number of likely N-dealkylation sites (tertiary alicyclic amines) is 1. The van der Waals surface area contributed by atoms with E-state index in [-0.39, 0.29) is 17.5 Å². The van der Waals surface area contributed by atoms with Crippen LogP contribution in [0.25, 0.3) is 0 Å². The fraction of sp³-hybridized carbons (Fsp3) is 0.632. The minimum Gasteiger partial charge on any atom is -0.490 e. The molecule has 2 aliphatic heterocycles. The molecule has 0 unspecified atom stereocenters. The van der Waals surface area contributed by atoms with E-state index >= 15 is 0 Å². The minimum atomic E-state index is -0.193. The summed E-state index contributed by atoms with van der Waals surface area (Å²) in [6.45, 7) is 8.82. The maximum atomic E-state index is 12.3. The van der Waals surface area contributed by atoms with E-state index in [1.807, 2.05) is 26.8 Å². The van der Waals surface area contributed by atoms with Crippen molar-refractivity contribution in [2.75, 3.05) is 26.3 Å². The number of ether oxygens (including phenoxy) is 2. The Balaban J connectivity index is 1.71. The standard InChI is InChI=1S/C19H28N2O3/c1-19(2,3)20-18(22)13-21-9-4-6-15(21)14-7-8-16-17(12-14)24-11-5-10-23-16/h7-8,12,15H,4-6,9-11,13H2,1-3H3,(H,20,22)/t15-/m0/s1. The molecule has 3 rings (SSSR count). The van der Waals surface area contributed by atoms with Crippen molar-refractivity contribution in [1.29, 1.82) is 0 Å². The summed E-state index contributed by atoms with van der Waals surface area (Å²) >= 11 is 0. The summed E-state index contributed by atoms with van der Waals surface area (Å²) in [5, 5.41) is 3.05. The van der Waals surface area contributed by atoms with Crippen LogP contribution in [-0.4, -0.2) is 42.6 Å². The molecule has 0 radical (unpaired) electrons. The number of carbonyl (C=O) groups is 1. The van der Waals surface area contributed by atoms with E-state index < -0.39 is 0 Å². The Bertz CT molecular complexity index is 595. The van der Waals surface area contributed by atoms with Gasteiger partial charge in [-0.15, -0.1) is 0 Å². The van der Waals surface area contributed by atoms with Crippen molar-refractivity contribution in [2.45, 2.75) is 51.6 Å². The molecule has 0 spiro atoms. The number of fused-ring (bicyclic) bond motifs is 1. The average molecular weight is 332 g/mol. The SMILES string of the molecule is CC(C)(C)NC(=O)CN1CCC[C@H]1c1ccc2c(c1)OCCCO2. The van der Waals surface area contributed by atoms with Crippen molar-refractivity contribution in [2.24, 2.45) is 0 Å². The van der Waals surface area contributed by atoms with Crippen LogP contribution in [0.15, 0.2) is 18.2 Å². The smallest absolute Gasteiger partial charge is 0.234 e. The van der Waals surface area contributed by atoms with Crippen LogP contribution < -0.4 is 14.8 Å². The van der Waals surface area contributed by atoms with Crippen molar-refractivity contribution in [1.82, 2.24) is 10.2 Å². The summed E-state index contributed by atoms with van der Waals surface area (Å²) in [7, 11) is 0. The maximum absolute atomic E-state index is 12.3. The summed E-state index contributed by atoms with van der Waals surface area (Å²) in [4.78, 5) is 14.5. The van der Waals surface area contributed by atoms with E-state index in [9.17, 15) is 4.79 Å². The van der Waals surface area contributed by atoms with Gasteiger partial charge in [0, 0.05) is 18.0 Å². The summed E-state index contributed by atoms with van der Waals surface area (Å²) in [6.07, 6.45) is 3.09. The van der Waals surface area contributed by atoms with Gasteiger partial charge in [0.25, 0.3) is 0 Å². The van der Waals surface area contributed by atoms with Crippen LogP contribution >= 0.6 is 0 Å². The lowest BCUT2D eigenvalue weighted by Gasteiger charge is -2.27. The first-order chi connectivity index (χ1) is 11.4. The van der Waals surface area contributed by atoms with Crippen LogP contribution in [0.1, 0.15) is 51.6 Å². The van der Waals surface area contributed by atoms with Crippen LogP contribution in [-0.2, 0) is 4.79 Å². The average Bonchev–Trinajstić information content (AvgIpc) is 2.81. The fourth-order valence-corrected chi connectivity index (χ4v) is 3.42. The number of benzene rings is 1. The number of nitrogens with zero attached hydrogens (tertiary/aromatic N) is 1. The highest BCUT2D eigenvalue weighted by atomic mass is 16.5. The Labute approximate surface area is 144 Å². The van der Waals surface area contributed by atoms with E-state index in [0.29, 0.717) is 19.8 Å². The highest BCUT2D eigenvalue weighted by Crippen LogP contribution is 2.37. The Morgan fingerprint density at radius 1 is 1.21 bits per heavy atom. The highest BCUT2D eigenvalue weighted by Gasteiger charge is 2.29. The van der Waals surface area contributed by atoms with Gasteiger partial charge < -0.3 is 14.8 Å². The van der Waals surface area contributed by atoms with Gasteiger partial charge in [-0.1, -0.05) is 6.07 Å². The second-order valence-corrected chi connectivity index (χ2v) is 7.68. The minimum absolute atomic E-state index is 0.0868. The quantitative estimate of drug-likeness (QED) is 0.925. The largest absolute Gasteiger partial charge is 0.490 e. The summed E-state index contributed by atoms with van der Waals surface area (Å²) in [5.41, 5.74) is 1.02. The van der Waals surface area contributed by atoms with Crippen LogP contribution in [0.5, 0.6) is 11.5 Å². The molecule has 1 aromatic carbocycles.